The van der Waals surface area contributed by atoms with Crippen LogP contribution in [0.15, 0.2) is 48.5 Å². The first-order valence-corrected chi connectivity index (χ1v) is 13.1. The summed E-state index contributed by atoms with van der Waals surface area (Å²) in [4.78, 5) is 23.0. The predicted octanol–water partition coefficient (Wildman–Crippen LogP) is 2.96. The first kappa shape index (κ1) is 31.3. The highest BCUT2D eigenvalue weighted by molar-refractivity contribution is 6.26. The van der Waals surface area contributed by atoms with E-state index >= 15 is 0 Å². The molecule has 8 nitrogen and oxygen atoms in total. The minimum Gasteiger partial charge on any atom is -0.490 e. The molecule has 0 radical (unpaired) electrons. The summed E-state index contributed by atoms with van der Waals surface area (Å²) in [5.41, 5.74) is 5.34. The second kappa shape index (κ2) is 16.1. The molecule has 0 heterocycles. The van der Waals surface area contributed by atoms with Crippen molar-refractivity contribution in [3.05, 3.63) is 59.7 Å². The summed E-state index contributed by atoms with van der Waals surface area (Å²) in [6, 6.07) is 15.4. The van der Waals surface area contributed by atoms with Crippen LogP contribution < -0.4 is 15.2 Å². The van der Waals surface area contributed by atoms with Gasteiger partial charge in [0.15, 0.2) is 12.6 Å². The molecule has 0 aliphatic rings. The van der Waals surface area contributed by atoms with Crippen LogP contribution in [0.2, 0.25) is 0 Å². The van der Waals surface area contributed by atoms with Crippen LogP contribution in [0.4, 0.5) is 0 Å². The summed E-state index contributed by atoms with van der Waals surface area (Å²) >= 11 is 11.4. The average Bonchev–Trinajstić information content (AvgIpc) is 2.94. The van der Waals surface area contributed by atoms with Gasteiger partial charge in [-0.15, -0.1) is 29.6 Å². The van der Waals surface area contributed by atoms with Crippen molar-refractivity contribution in [1.29, 1.82) is 0 Å². The standard InChI is InChI=1S/C28H33Cl2NO7/c1-4-13-34-17-25(38-26(32)15-30)19-36-23-11-7-21(8-12-23)28(2,3)20-5-9-22(10-6-20)35-18-24(14-29)37-27(33)16-31/h1,5-12,24-25H,13-19,31H2,2-3H3/p+1/t24-,25-/m1/s1. The van der Waals surface area contributed by atoms with Gasteiger partial charge in [-0.3, -0.25) is 4.79 Å². The molecule has 3 N–H and O–H groups in total. The first-order chi connectivity index (χ1) is 18.2. The second-order valence-corrected chi connectivity index (χ2v) is 9.35. The van der Waals surface area contributed by atoms with Gasteiger partial charge in [-0.25, -0.2) is 4.79 Å². The molecule has 0 fully saturated rings. The molecule has 0 amide bonds. The third kappa shape index (κ3) is 10.1. The molecule has 2 aromatic rings. The number of halogens is 2. The van der Waals surface area contributed by atoms with Crippen LogP contribution in [0.3, 0.4) is 0 Å². The second-order valence-electron chi connectivity index (χ2n) is 8.78. The normalized spacial score (nSPS) is 12.6. The monoisotopic (exact) mass is 566 g/mol. The van der Waals surface area contributed by atoms with Gasteiger partial charge in [-0.05, 0) is 35.4 Å². The van der Waals surface area contributed by atoms with E-state index in [4.69, 9.17) is 53.3 Å². The Balaban J connectivity index is 1.98. The van der Waals surface area contributed by atoms with Gasteiger partial charge in [-0.2, -0.15) is 0 Å². The fraction of sp³-hybridized carbons (Fsp3) is 0.429. The molecule has 38 heavy (non-hydrogen) atoms. The van der Waals surface area contributed by atoms with Crippen molar-refractivity contribution in [2.75, 3.05) is 44.7 Å². The van der Waals surface area contributed by atoms with Gasteiger partial charge < -0.3 is 29.4 Å². The van der Waals surface area contributed by atoms with E-state index in [2.05, 4.69) is 25.5 Å². The minimum atomic E-state index is -0.637. The maximum atomic E-state index is 11.6. The Morgan fingerprint density at radius 2 is 1.37 bits per heavy atom. The van der Waals surface area contributed by atoms with Gasteiger partial charge in [0, 0.05) is 5.41 Å². The Morgan fingerprint density at radius 3 is 1.82 bits per heavy atom. The third-order valence-electron chi connectivity index (χ3n) is 5.59. The zero-order chi connectivity index (χ0) is 28.0. The van der Waals surface area contributed by atoms with E-state index in [-0.39, 0.29) is 50.1 Å². The fourth-order valence-corrected chi connectivity index (χ4v) is 3.63. The van der Waals surface area contributed by atoms with Crippen LogP contribution in [0.25, 0.3) is 0 Å². The van der Waals surface area contributed by atoms with Gasteiger partial charge in [-0.1, -0.05) is 44.0 Å². The van der Waals surface area contributed by atoms with E-state index in [1.54, 1.807) is 0 Å². The number of terminal acetylenes is 1. The molecule has 0 aliphatic carbocycles. The lowest BCUT2D eigenvalue weighted by Gasteiger charge is -2.27. The van der Waals surface area contributed by atoms with Crippen molar-refractivity contribution in [3.63, 3.8) is 0 Å². The predicted molar refractivity (Wildman–Crippen MR) is 145 cm³/mol. The molecule has 0 aromatic heterocycles. The van der Waals surface area contributed by atoms with Crippen molar-refractivity contribution >= 4 is 35.1 Å². The summed E-state index contributed by atoms with van der Waals surface area (Å²) in [5.74, 6) is 2.51. The van der Waals surface area contributed by atoms with Gasteiger partial charge >= 0.3 is 11.9 Å². The molecule has 0 saturated carbocycles. The molecule has 2 aromatic carbocycles. The van der Waals surface area contributed by atoms with E-state index in [0.717, 1.165) is 11.1 Å². The number of ether oxygens (including phenoxy) is 5. The summed E-state index contributed by atoms with van der Waals surface area (Å²) in [7, 11) is 0. The molecule has 0 spiro atoms. The number of hydrogen-bond acceptors (Lipinski definition) is 7. The Labute approximate surface area is 233 Å². The van der Waals surface area contributed by atoms with Gasteiger partial charge in [0.25, 0.3) is 0 Å². The van der Waals surface area contributed by atoms with Crippen LogP contribution >= 0.6 is 23.2 Å². The van der Waals surface area contributed by atoms with Crippen LogP contribution in [0.5, 0.6) is 11.5 Å². The first-order valence-electron chi connectivity index (χ1n) is 12.0. The minimum absolute atomic E-state index is 0.0386. The van der Waals surface area contributed by atoms with E-state index in [1.807, 2.05) is 48.5 Å². The summed E-state index contributed by atoms with van der Waals surface area (Å²) in [6.45, 7) is 4.72. The Bertz CT molecular complexity index is 1050. The summed E-state index contributed by atoms with van der Waals surface area (Å²) in [5, 5.41) is 0. The van der Waals surface area contributed by atoms with Crippen molar-refractivity contribution in [3.8, 4) is 23.8 Å². The molecule has 2 rings (SSSR count). The van der Waals surface area contributed by atoms with Gasteiger partial charge in [0.1, 0.15) is 43.3 Å². The van der Waals surface area contributed by atoms with Crippen molar-refractivity contribution in [2.24, 2.45) is 0 Å². The van der Waals surface area contributed by atoms with Gasteiger partial charge in [0.05, 0.1) is 12.5 Å². The largest absolute Gasteiger partial charge is 0.490 e. The number of benzene rings is 2. The topological polar surface area (TPSA) is 108 Å². The zero-order valence-corrected chi connectivity index (χ0v) is 23.1. The molecule has 0 bridgehead atoms. The Morgan fingerprint density at radius 1 is 0.868 bits per heavy atom. The number of alkyl halides is 2. The smallest absolute Gasteiger partial charge is 0.361 e. The van der Waals surface area contributed by atoms with E-state index in [0.29, 0.717) is 11.5 Å². The highest BCUT2D eigenvalue weighted by Crippen LogP contribution is 2.33. The number of quaternary nitrogens is 1. The molecule has 0 saturated heterocycles. The fourth-order valence-electron chi connectivity index (χ4n) is 3.42. The lowest BCUT2D eigenvalue weighted by molar-refractivity contribution is -0.360. The summed E-state index contributed by atoms with van der Waals surface area (Å²) < 4.78 is 27.3. The highest BCUT2D eigenvalue weighted by atomic mass is 35.5. The number of esters is 2. The van der Waals surface area contributed by atoms with Crippen molar-refractivity contribution in [1.82, 2.24) is 0 Å². The van der Waals surface area contributed by atoms with Crippen molar-refractivity contribution in [2.45, 2.75) is 31.5 Å². The van der Waals surface area contributed by atoms with Crippen molar-refractivity contribution < 1.29 is 39.0 Å². The number of carbonyl (C=O) groups excluding carboxylic acids is 2. The lowest BCUT2D eigenvalue weighted by Crippen LogP contribution is -2.55. The van der Waals surface area contributed by atoms with Crippen LogP contribution in [-0.4, -0.2) is 68.9 Å². The molecule has 0 unspecified atom stereocenters. The Hall–Kier alpha value is -2.96. The van der Waals surface area contributed by atoms with E-state index in [9.17, 15) is 9.59 Å². The van der Waals surface area contributed by atoms with Crippen LogP contribution in [-0.2, 0) is 29.2 Å². The maximum Gasteiger partial charge on any atom is 0.361 e. The summed E-state index contributed by atoms with van der Waals surface area (Å²) in [6.07, 6.45) is 4.01. The highest BCUT2D eigenvalue weighted by Gasteiger charge is 2.24. The molecule has 0 aliphatic heterocycles. The van der Waals surface area contributed by atoms with Gasteiger partial charge in [0.2, 0.25) is 0 Å². The molecular weight excluding hydrogens is 533 g/mol. The number of carbonyl (C=O) groups is 2. The Kier molecular flexibility index (Phi) is 13.2. The molecule has 2 atom stereocenters. The SMILES string of the molecule is C#CCOC[C@H](COc1ccc(C(C)(C)c2ccc(OC[C@@H](CCl)OC(=O)C[NH3+])cc2)cc1)OC(=O)CCl. The quantitative estimate of drug-likeness (QED) is 0.144. The molecular formula is C28H34Cl2NO7+. The third-order valence-corrected chi connectivity index (χ3v) is 6.16. The van der Waals surface area contributed by atoms with E-state index < -0.39 is 24.1 Å². The maximum absolute atomic E-state index is 11.6. The molecule has 206 valence electrons. The molecule has 10 heteroatoms. The van der Waals surface area contributed by atoms with E-state index in [1.165, 1.54) is 0 Å². The number of rotatable bonds is 16. The zero-order valence-electron chi connectivity index (χ0n) is 21.6. The van der Waals surface area contributed by atoms with Crippen LogP contribution in [0, 0.1) is 12.3 Å². The number of hydrogen-bond donors (Lipinski definition) is 1. The van der Waals surface area contributed by atoms with Crippen LogP contribution in [0.1, 0.15) is 25.0 Å². The lowest BCUT2D eigenvalue weighted by atomic mass is 9.78. The average molecular weight is 567 g/mol.